The molecule has 15 nitrogen and oxygen atoms in total. The molecular formula is C41H48F5N7O8. The van der Waals surface area contributed by atoms with Crippen molar-refractivity contribution in [3.8, 4) is 0 Å². The van der Waals surface area contributed by atoms with Gasteiger partial charge in [0.05, 0.1) is 5.56 Å². The molecular weight excluding hydrogens is 813 g/mol. The molecule has 0 spiro atoms. The first kappa shape index (κ1) is 44.7. The molecule has 4 saturated heterocycles. The van der Waals surface area contributed by atoms with Gasteiger partial charge in [0.2, 0.25) is 29.5 Å². The Kier molecular flexibility index (Phi) is 13.8. The van der Waals surface area contributed by atoms with Crippen LogP contribution in [-0.2, 0) is 46.1 Å². The largest absolute Gasteiger partial charge is 0.458 e. The van der Waals surface area contributed by atoms with Crippen molar-refractivity contribution >= 4 is 47.2 Å². The molecule has 330 valence electrons. The molecule has 2 aromatic carbocycles. The Balaban J connectivity index is 1.33. The number of urea groups is 1. The lowest BCUT2D eigenvalue weighted by Gasteiger charge is -2.43. The number of esters is 1. The van der Waals surface area contributed by atoms with E-state index in [1.54, 1.807) is 0 Å². The molecule has 0 aromatic heterocycles. The molecule has 4 heterocycles. The summed E-state index contributed by atoms with van der Waals surface area (Å²) < 4.78 is 73.9. The Bertz CT molecular complexity index is 2000. The van der Waals surface area contributed by atoms with Crippen LogP contribution < -0.4 is 21.3 Å². The summed E-state index contributed by atoms with van der Waals surface area (Å²) >= 11 is 0. The van der Waals surface area contributed by atoms with Crippen LogP contribution in [0.5, 0.6) is 0 Å². The third-order valence-electron chi connectivity index (χ3n) is 11.5. The molecule has 0 radical (unpaired) electrons. The maximum atomic E-state index is 14.8. The average molecular weight is 862 g/mol. The van der Waals surface area contributed by atoms with Gasteiger partial charge < -0.3 is 40.7 Å². The number of ether oxygens (including phenoxy) is 1. The number of nitrogens with zero attached hydrogens (tertiary/aromatic N) is 3. The van der Waals surface area contributed by atoms with E-state index in [1.807, 2.05) is 0 Å². The van der Waals surface area contributed by atoms with Crippen LogP contribution in [0.1, 0.15) is 76.3 Å². The third-order valence-corrected chi connectivity index (χ3v) is 11.5. The molecule has 6 rings (SSSR count). The molecule has 2 aromatic rings. The molecule has 0 unspecified atom stereocenters. The topological polar surface area (TPSA) is 187 Å². The second-order valence-electron chi connectivity index (χ2n) is 15.8. The monoisotopic (exact) mass is 861 g/mol. The second kappa shape index (κ2) is 18.8. The molecule has 20 heteroatoms. The van der Waals surface area contributed by atoms with Crippen LogP contribution in [0.3, 0.4) is 0 Å². The van der Waals surface area contributed by atoms with Crippen LogP contribution in [0.4, 0.5) is 32.4 Å². The molecule has 0 bridgehead atoms. The second-order valence-corrected chi connectivity index (χ2v) is 15.8. The number of anilines is 1. The number of fused-ring (bicyclic) bond motifs is 3. The van der Waals surface area contributed by atoms with Crippen molar-refractivity contribution in [2.45, 2.75) is 120 Å². The van der Waals surface area contributed by atoms with Crippen LogP contribution in [-0.4, -0.2) is 118 Å². The number of amides is 7. The number of halogens is 5. The number of cyclic esters (lactones) is 1. The summed E-state index contributed by atoms with van der Waals surface area (Å²) in [7, 11) is 0. The highest BCUT2D eigenvalue weighted by Crippen LogP contribution is 2.30. The summed E-state index contributed by atoms with van der Waals surface area (Å²) in [6.45, 7) is 3.24. The smallest absolute Gasteiger partial charge is 0.416 e. The van der Waals surface area contributed by atoms with E-state index in [9.17, 15) is 55.5 Å². The predicted molar refractivity (Wildman–Crippen MR) is 206 cm³/mol. The van der Waals surface area contributed by atoms with Crippen LogP contribution in [0.15, 0.2) is 42.5 Å². The van der Waals surface area contributed by atoms with Crippen molar-refractivity contribution in [2.75, 3.05) is 25.0 Å². The van der Waals surface area contributed by atoms with Gasteiger partial charge in [-0.1, -0.05) is 0 Å². The molecule has 4 N–H and O–H groups in total. The molecule has 4 fully saturated rings. The quantitative estimate of drug-likeness (QED) is 0.252. The summed E-state index contributed by atoms with van der Waals surface area (Å²) in [5, 5.41) is 9.93. The van der Waals surface area contributed by atoms with Crippen molar-refractivity contribution in [3.63, 3.8) is 0 Å². The van der Waals surface area contributed by atoms with Crippen LogP contribution in [0, 0.1) is 11.6 Å². The highest BCUT2D eigenvalue weighted by Gasteiger charge is 2.46. The minimum Gasteiger partial charge on any atom is -0.458 e. The van der Waals surface area contributed by atoms with Gasteiger partial charge in [-0.2, -0.15) is 13.2 Å². The van der Waals surface area contributed by atoms with Crippen molar-refractivity contribution in [2.24, 2.45) is 0 Å². The Morgan fingerprint density at radius 3 is 1.98 bits per heavy atom. The number of carbonyl (C=O) groups is 7. The fourth-order valence-corrected chi connectivity index (χ4v) is 8.39. The summed E-state index contributed by atoms with van der Waals surface area (Å²) in [5.41, 5.74) is -1.19. The highest BCUT2D eigenvalue weighted by molar-refractivity contribution is 5.98. The Morgan fingerprint density at radius 2 is 1.34 bits per heavy atom. The fourth-order valence-electron chi connectivity index (χ4n) is 8.39. The van der Waals surface area contributed by atoms with Crippen LogP contribution >= 0.6 is 0 Å². The Morgan fingerprint density at radius 1 is 0.770 bits per heavy atom. The summed E-state index contributed by atoms with van der Waals surface area (Å²) in [4.78, 5) is 102. The SMILES string of the molecule is C[C@@H]1NC(=O)[C@@H]2CCCCN2C(=O)[C@@H]2CCCCN2C(=O)[C@@H](NC(=O)[C@H](Cc2cc(F)cc(F)c2)NC(=O)Nc2ccc(C(F)(F)F)cc2)[C@H](C)OC(=O)[C@@H]2CCCN2C1=O. The zero-order valence-electron chi connectivity index (χ0n) is 33.6. The lowest BCUT2D eigenvalue weighted by atomic mass is 9.95. The average Bonchev–Trinajstić information content (AvgIpc) is 3.71. The zero-order chi connectivity index (χ0) is 44.2. The van der Waals surface area contributed by atoms with E-state index >= 15 is 0 Å². The lowest BCUT2D eigenvalue weighted by Crippen LogP contribution is -2.65. The van der Waals surface area contributed by atoms with E-state index in [0.29, 0.717) is 44.6 Å². The number of rotatable bonds is 6. The number of benzene rings is 2. The molecule has 61 heavy (non-hydrogen) atoms. The Hall–Kier alpha value is -5.82. The van der Waals surface area contributed by atoms with Gasteiger partial charge in [0.1, 0.15) is 54.0 Å². The molecule has 4 aliphatic rings. The molecule has 7 atom stereocenters. The van der Waals surface area contributed by atoms with Crippen molar-refractivity contribution in [1.82, 2.24) is 30.7 Å². The highest BCUT2D eigenvalue weighted by atomic mass is 19.4. The molecule has 7 amide bonds. The minimum atomic E-state index is -4.65. The van der Waals surface area contributed by atoms with Gasteiger partial charge >= 0.3 is 18.2 Å². The summed E-state index contributed by atoms with van der Waals surface area (Å²) in [6, 6.07) is -2.93. The first-order chi connectivity index (χ1) is 28.9. The van der Waals surface area contributed by atoms with Crippen LogP contribution in [0.25, 0.3) is 0 Å². The fraction of sp³-hybridized carbons (Fsp3) is 0.537. The summed E-state index contributed by atoms with van der Waals surface area (Å²) in [5.74, 6) is -6.46. The van der Waals surface area contributed by atoms with E-state index in [4.69, 9.17) is 4.74 Å². The lowest BCUT2D eigenvalue weighted by molar-refractivity contribution is -0.164. The normalized spacial score (nSPS) is 26.0. The van der Waals surface area contributed by atoms with Gasteiger partial charge in [0.15, 0.2) is 0 Å². The van der Waals surface area contributed by atoms with Gasteiger partial charge in [-0.3, -0.25) is 24.0 Å². The third kappa shape index (κ3) is 10.6. The van der Waals surface area contributed by atoms with Crippen molar-refractivity contribution < 1.29 is 60.3 Å². The van der Waals surface area contributed by atoms with E-state index in [2.05, 4.69) is 21.3 Å². The number of piperidine rings is 2. The van der Waals surface area contributed by atoms with Gasteiger partial charge in [-0.25, -0.2) is 18.4 Å². The first-order valence-corrected chi connectivity index (χ1v) is 20.3. The van der Waals surface area contributed by atoms with Gasteiger partial charge in [-0.15, -0.1) is 0 Å². The number of alkyl halides is 3. The predicted octanol–water partition coefficient (Wildman–Crippen LogP) is 3.40. The van der Waals surface area contributed by atoms with Crippen molar-refractivity contribution in [1.29, 1.82) is 0 Å². The summed E-state index contributed by atoms with van der Waals surface area (Å²) in [6.07, 6.45) is -3.32. The van der Waals surface area contributed by atoms with E-state index in [1.165, 1.54) is 28.5 Å². The van der Waals surface area contributed by atoms with Gasteiger partial charge in [0, 0.05) is 37.8 Å². The van der Waals surface area contributed by atoms with E-state index < -0.39 is 114 Å². The maximum absolute atomic E-state index is 14.8. The Labute approximate surface area is 348 Å². The minimum absolute atomic E-state index is 0.0503. The van der Waals surface area contributed by atoms with Gasteiger partial charge in [0.25, 0.3) is 0 Å². The van der Waals surface area contributed by atoms with Gasteiger partial charge in [-0.05, 0) is 107 Å². The number of nitrogens with one attached hydrogen (secondary N) is 4. The molecule has 0 saturated carbocycles. The number of carbonyl (C=O) groups excluding carboxylic acids is 7. The number of hydrogen-bond donors (Lipinski definition) is 4. The molecule has 4 aliphatic heterocycles. The first-order valence-electron chi connectivity index (χ1n) is 20.3. The number of hydrogen-bond acceptors (Lipinski definition) is 8. The van der Waals surface area contributed by atoms with E-state index in [-0.39, 0.29) is 43.7 Å². The zero-order valence-corrected chi connectivity index (χ0v) is 33.6. The molecule has 0 aliphatic carbocycles. The van der Waals surface area contributed by atoms with E-state index in [0.717, 1.165) is 36.4 Å². The maximum Gasteiger partial charge on any atom is 0.416 e. The van der Waals surface area contributed by atoms with Crippen molar-refractivity contribution in [3.05, 3.63) is 65.2 Å². The standard InChI is InChI=1S/C41H48F5N7O8/c1-22-36(56)53-17-7-10-32(53)39(59)61-23(2)33(38(58)52-16-6-4-9-31(52)37(57)51-15-5-3-8-30(51)35(55)47-22)50-34(54)29(20-24-18-26(42)21-27(43)19-24)49-40(60)48-28-13-11-25(12-14-28)41(44,45)46/h11-14,18-19,21-23,29-33H,3-10,15-17,20H2,1-2H3,(H,47,55)(H,50,54)(H2,48,49,60)/t22-,23-,29-,30-,31-,32-,33-/m0/s1. The van der Waals surface area contributed by atoms with Crippen LogP contribution in [0.2, 0.25) is 0 Å².